The van der Waals surface area contributed by atoms with Crippen LogP contribution in [0.4, 0.5) is 24.7 Å². The maximum Gasteiger partial charge on any atom is 0.416 e. The second-order valence-corrected chi connectivity index (χ2v) is 8.65. The topological polar surface area (TPSA) is 105 Å². The van der Waals surface area contributed by atoms with Gasteiger partial charge in [0, 0.05) is 30.6 Å². The van der Waals surface area contributed by atoms with Gasteiger partial charge in [0.05, 0.1) is 5.56 Å². The molecule has 0 unspecified atom stereocenters. The number of alkyl halides is 3. The lowest BCUT2D eigenvalue weighted by molar-refractivity contribution is -0.137. The zero-order valence-corrected chi connectivity index (χ0v) is 19.5. The first-order valence-corrected chi connectivity index (χ1v) is 11.6. The van der Waals surface area contributed by atoms with Crippen molar-refractivity contribution < 1.29 is 32.1 Å². The molecule has 0 spiro atoms. The fourth-order valence-electron chi connectivity index (χ4n) is 3.98. The minimum Gasteiger partial charge on any atom is -0.360 e. The SMILES string of the molecule is Cc1cc(NC(=O)CCCC(=O)N(CC(=O)NC2CCCCC2)c2ccc(C(F)(F)F)cc2)no1. The molecule has 0 bridgehead atoms. The van der Waals surface area contributed by atoms with E-state index in [0.29, 0.717) is 5.76 Å². The predicted molar refractivity (Wildman–Crippen MR) is 123 cm³/mol. The van der Waals surface area contributed by atoms with E-state index in [1.165, 1.54) is 12.1 Å². The molecule has 2 N–H and O–H groups in total. The molecule has 35 heavy (non-hydrogen) atoms. The van der Waals surface area contributed by atoms with Crippen LogP contribution in [0.3, 0.4) is 0 Å². The van der Waals surface area contributed by atoms with Gasteiger partial charge in [0.1, 0.15) is 12.3 Å². The molecular weight excluding hydrogens is 465 g/mol. The molecule has 0 saturated heterocycles. The number of carbonyl (C=O) groups excluding carboxylic acids is 3. The summed E-state index contributed by atoms with van der Waals surface area (Å²) in [4.78, 5) is 38.9. The molecule has 2 aromatic rings. The van der Waals surface area contributed by atoms with E-state index >= 15 is 0 Å². The minimum atomic E-state index is -4.51. The molecule has 1 heterocycles. The molecule has 8 nitrogen and oxygen atoms in total. The van der Waals surface area contributed by atoms with Crippen molar-refractivity contribution in [3.63, 3.8) is 0 Å². The number of amides is 3. The first-order chi connectivity index (χ1) is 16.6. The highest BCUT2D eigenvalue weighted by molar-refractivity contribution is 5.99. The van der Waals surface area contributed by atoms with Crippen molar-refractivity contribution in [3.05, 3.63) is 41.7 Å². The molecule has 1 aliphatic rings. The van der Waals surface area contributed by atoms with E-state index < -0.39 is 17.6 Å². The highest BCUT2D eigenvalue weighted by Crippen LogP contribution is 2.30. The van der Waals surface area contributed by atoms with E-state index in [2.05, 4.69) is 15.8 Å². The number of halogens is 3. The summed E-state index contributed by atoms with van der Waals surface area (Å²) in [5.41, 5.74) is -0.663. The summed E-state index contributed by atoms with van der Waals surface area (Å²) in [6.45, 7) is 1.37. The maximum atomic E-state index is 13.0. The number of benzene rings is 1. The summed E-state index contributed by atoms with van der Waals surface area (Å²) >= 11 is 0. The molecule has 1 aromatic heterocycles. The van der Waals surface area contributed by atoms with Gasteiger partial charge in [-0.2, -0.15) is 13.2 Å². The highest BCUT2D eigenvalue weighted by atomic mass is 19.4. The zero-order valence-electron chi connectivity index (χ0n) is 19.5. The second-order valence-electron chi connectivity index (χ2n) is 8.65. The van der Waals surface area contributed by atoms with E-state index in [4.69, 9.17) is 4.52 Å². The zero-order chi connectivity index (χ0) is 25.4. The van der Waals surface area contributed by atoms with Gasteiger partial charge in [-0.3, -0.25) is 14.4 Å². The van der Waals surface area contributed by atoms with Crippen LogP contribution in [0, 0.1) is 6.92 Å². The Morgan fingerprint density at radius 2 is 1.74 bits per heavy atom. The Kier molecular flexibility index (Phi) is 8.89. The van der Waals surface area contributed by atoms with Gasteiger partial charge in [-0.1, -0.05) is 24.4 Å². The average molecular weight is 495 g/mol. The molecule has 11 heteroatoms. The Balaban J connectivity index is 1.62. The van der Waals surface area contributed by atoms with Crippen molar-refractivity contribution in [3.8, 4) is 0 Å². The van der Waals surface area contributed by atoms with E-state index in [0.717, 1.165) is 49.1 Å². The molecule has 1 aromatic carbocycles. The van der Waals surface area contributed by atoms with Gasteiger partial charge in [-0.05, 0) is 50.5 Å². The van der Waals surface area contributed by atoms with E-state index in [1.54, 1.807) is 13.0 Å². The van der Waals surface area contributed by atoms with Crippen LogP contribution in [0.1, 0.15) is 62.7 Å². The predicted octanol–water partition coefficient (Wildman–Crippen LogP) is 4.59. The number of anilines is 2. The van der Waals surface area contributed by atoms with Crippen LogP contribution >= 0.6 is 0 Å². The number of hydrogen-bond acceptors (Lipinski definition) is 5. The van der Waals surface area contributed by atoms with Crippen molar-refractivity contribution in [2.24, 2.45) is 0 Å². The summed E-state index contributed by atoms with van der Waals surface area (Å²) in [5, 5.41) is 9.14. The number of carbonyl (C=O) groups is 3. The van der Waals surface area contributed by atoms with E-state index in [9.17, 15) is 27.6 Å². The smallest absolute Gasteiger partial charge is 0.360 e. The molecule has 3 amide bonds. The van der Waals surface area contributed by atoms with E-state index in [1.807, 2.05) is 0 Å². The molecule has 1 saturated carbocycles. The fraction of sp³-hybridized carbons (Fsp3) is 0.500. The Hall–Kier alpha value is -3.37. The van der Waals surface area contributed by atoms with Crippen molar-refractivity contribution in [2.75, 3.05) is 16.8 Å². The average Bonchev–Trinajstić information content (AvgIpc) is 3.22. The first-order valence-electron chi connectivity index (χ1n) is 11.6. The number of aryl methyl sites for hydroxylation is 1. The minimum absolute atomic E-state index is 0.0206. The van der Waals surface area contributed by atoms with Gasteiger partial charge in [0.25, 0.3) is 0 Å². The van der Waals surface area contributed by atoms with E-state index in [-0.39, 0.29) is 55.2 Å². The maximum absolute atomic E-state index is 13.0. The van der Waals surface area contributed by atoms with Crippen molar-refractivity contribution in [2.45, 2.75) is 70.5 Å². The van der Waals surface area contributed by atoms with Crippen LogP contribution < -0.4 is 15.5 Å². The second kappa shape index (κ2) is 11.9. The molecule has 3 rings (SSSR count). The highest BCUT2D eigenvalue weighted by Gasteiger charge is 2.30. The molecule has 0 atom stereocenters. The molecule has 1 aliphatic carbocycles. The van der Waals surface area contributed by atoms with Crippen LogP contribution in [0.2, 0.25) is 0 Å². The number of nitrogens with zero attached hydrogens (tertiary/aromatic N) is 2. The van der Waals surface area contributed by atoms with Gasteiger partial charge in [-0.25, -0.2) is 0 Å². The summed E-state index contributed by atoms with van der Waals surface area (Å²) < 4.78 is 43.7. The Morgan fingerprint density at radius 3 is 2.34 bits per heavy atom. The van der Waals surface area contributed by atoms with Crippen LogP contribution in [0.25, 0.3) is 0 Å². The molecule has 0 radical (unpaired) electrons. The van der Waals surface area contributed by atoms with Gasteiger partial charge in [0.15, 0.2) is 5.82 Å². The largest absolute Gasteiger partial charge is 0.416 e. The van der Waals surface area contributed by atoms with Crippen LogP contribution in [-0.2, 0) is 20.6 Å². The third-order valence-electron chi connectivity index (χ3n) is 5.77. The van der Waals surface area contributed by atoms with Crippen molar-refractivity contribution in [1.29, 1.82) is 0 Å². The number of aromatic nitrogens is 1. The molecular formula is C24H29F3N4O4. The van der Waals surface area contributed by atoms with Crippen LogP contribution in [-0.4, -0.2) is 35.5 Å². The van der Waals surface area contributed by atoms with Crippen molar-refractivity contribution >= 4 is 29.2 Å². The number of rotatable bonds is 9. The van der Waals surface area contributed by atoms with Gasteiger partial charge in [-0.15, -0.1) is 0 Å². The first kappa shape index (κ1) is 26.2. The summed E-state index contributed by atoms with van der Waals surface area (Å²) in [6.07, 6.45) is 0.498. The third-order valence-corrected chi connectivity index (χ3v) is 5.77. The summed E-state index contributed by atoms with van der Waals surface area (Å²) in [5.74, 6) is -0.390. The van der Waals surface area contributed by atoms with Gasteiger partial charge >= 0.3 is 6.18 Å². The fourth-order valence-corrected chi connectivity index (χ4v) is 3.98. The number of hydrogen-bond donors (Lipinski definition) is 2. The lowest BCUT2D eigenvalue weighted by Gasteiger charge is -2.26. The summed E-state index contributed by atoms with van der Waals surface area (Å²) in [6, 6.07) is 5.69. The Bertz CT molecular complexity index is 1010. The van der Waals surface area contributed by atoms with Crippen LogP contribution in [0.15, 0.2) is 34.9 Å². The van der Waals surface area contributed by atoms with Gasteiger partial charge in [0.2, 0.25) is 17.7 Å². The lowest BCUT2D eigenvalue weighted by atomic mass is 9.95. The Labute approximate surface area is 201 Å². The van der Waals surface area contributed by atoms with Crippen LogP contribution in [0.5, 0.6) is 0 Å². The molecule has 0 aliphatic heterocycles. The molecule has 1 fully saturated rings. The quantitative estimate of drug-likeness (QED) is 0.531. The lowest BCUT2D eigenvalue weighted by Crippen LogP contribution is -2.45. The normalized spacial score (nSPS) is 14.4. The standard InChI is InChI=1S/C24H29F3N4O4/c1-16-14-20(30-35-16)29-21(32)8-5-9-23(34)31(15-22(33)28-18-6-3-2-4-7-18)19-12-10-17(11-13-19)24(25,26)27/h10-14,18H,2-9,15H2,1H3,(H,28,33)(H,29,30,32). The van der Waals surface area contributed by atoms with Crippen molar-refractivity contribution in [1.82, 2.24) is 10.5 Å². The van der Waals surface area contributed by atoms with Gasteiger partial charge < -0.3 is 20.1 Å². The third kappa shape index (κ3) is 8.11. The summed E-state index contributed by atoms with van der Waals surface area (Å²) in [7, 11) is 0. The molecule has 190 valence electrons. The Morgan fingerprint density at radius 1 is 1.06 bits per heavy atom. The monoisotopic (exact) mass is 494 g/mol. The number of nitrogens with one attached hydrogen (secondary N) is 2.